The van der Waals surface area contributed by atoms with Gasteiger partial charge in [-0.25, -0.2) is 13.1 Å². The predicted octanol–water partition coefficient (Wildman–Crippen LogP) is 1.19. The fraction of sp³-hybridized carbons (Fsp3) is 0.500. The number of hydrogen-bond donors (Lipinski definition) is 2. The molecule has 1 aromatic rings. The van der Waals surface area contributed by atoms with Gasteiger partial charge in [0.05, 0.1) is 5.75 Å². The van der Waals surface area contributed by atoms with Crippen molar-refractivity contribution in [3.63, 3.8) is 0 Å². The summed E-state index contributed by atoms with van der Waals surface area (Å²) < 4.78 is 26.2. The molecule has 1 rings (SSSR count). The zero-order chi connectivity index (χ0) is 13.4. The standard InChI is InChI=1S/C12H20N2O2S2/c1-13-9-11-4-3-5-12(8-11)10-18(15,16)14-6-7-17-2/h3-5,8,13-14H,6-7,9-10H2,1-2H3. The number of thioether (sulfide) groups is 1. The van der Waals surface area contributed by atoms with Crippen LogP contribution >= 0.6 is 11.8 Å². The third kappa shape index (κ3) is 5.86. The van der Waals surface area contributed by atoms with Crippen molar-refractivity contribution in [1.82, 2.24) is 10.0 Å². The van der Waals surface area contributed by atoms with E-state index in [1.165, 1.54) is 0 Å². The lowest BCUT2D eigenvalue weighted by atomic mass is 10.1. The van der Waals surface area contributed by atoms with Gasteiger partial charge in [0.1, 0.15) is 0 Å². The molecule has 0 unspecified atom stereocenters. The van der Waals surface area contributed by atoms with Crippen molar-refractivity contribution in [1.29, 1.82) is 0 Å². The molecule has 0 aromatic heterocycles. The minimum Gasteiger partial charge on any atom is -0.316 e. The van der Waals surface area contributed by atoms with Gasteiger partial charge >= 0.3 is 0 Å². The molecular weight excluding hydrogens is 268 g/mol. The van der Waals surface area contributed by atoms with Crippen LogP contribution in [0.1, 0.15) is 11.1 Å². The van der Waals surface area contributed by atoms with E-state index in [-0.39, 0.29) is 5.75 Å². The van der Waals surface area contributed by atoms with Gasteiger partial charge in [-0.05, 0) is 24.4 Å². The minimum absolute atomic E-state index is 0.0406. The van der Waals surface area contributed by atoms with Gasteiger partial charge in [0, 0.05) is 18.8 Å². The molecule has 6 heteroatoms. The van der Waals surface area contributed by atoms with Crippen molar-refractivity contribution < 1.29 is 8.42 Å². The molecule has 0 heterocycles. The molecule has 1 aromatic carbocycles. The first-order valence-electron chi connectivity index (χ1n) is 5.76. The summed E-state index contributed by atoms with van der Waals surface area (Å²) >= 11 is 1.62. The largest absolute Gasteiger partial charge is 0.316 e. The highest BCUT2D eigenvalue weighted by Crippen LogP contribution is 2.08. The fourth-order valence-corrected chi connectivity index (χ4v) is 3.17. The Hall–Kier alpha value is -0.560. The van der Waals surface area contributed by atoms with Crippen molar-refractivity contribution in [2.45, 2.75) is 12.3 Å². The SMILES string of the molecule is CNCc1cccc(CS(=O)(=O)NCCSC)c1. The summed E-state index contributed by atoms with van der Waals surface area (Å²) in [5, 5.41) is 3.05. The van der Waals surface area contributed by atoms with E-state index >= 15 is 0 Å². The lowest BCUT2D eigenvalue weighted by Crippen LogP contribution is -2.27. The Morgan fingerprint density at radius 3 is 2.67 bits per heavy atom. The van der Waals surface area contributed by atoms with Crippen LogP contribution in [0.25, 0.3) is 0 Å². The van der Waals surface area contributed by atoms with Crippen LogP contribution in [-0.2, 0) is 22.3 Å². The van der Waals surface area contributed by atoms with Crippen LogP contribution in [0.2, 0.25) is 0 Å². The van der Waals surface area contributed by atoms with E-state index in [9.17, 15) is 8.42 Å². The molecule has 2 N–H and O–H groups in total. The average Bonchev–Trinajstić information content (AvgIpc) is 2.29. The van der Waals surface area contributed by atoms with Crippen LogP contribution in [0.15, 0.2) is 24.3 Å². The van der Waals surface area contributed by atoms with Crippen molar-refractivity contribution >= 4 is 21.8 Å². The predicted molar refractivity (Wildman–Crippen MR) is 78.2 cm³/mol. The number of hydrogen-bond acceptors (Lipinski definition) is 4. The maximum Gasteiger partial charge on any atom is 0.215 e. The van der Waals surface area contributed by atoms with E-state index in [0.29, 0.717) is 6.54 Å². The Balaban J connectivity index is 2.62. The van der Waals surface area contributed by atoms with Gasteiger partial charge in [-0.3, -0.25) is 0 Å². The van der Waals surface area contributed by atoms with E-state index in [1.807, 2.05) is 37.6 Å². The minimum atomic E-state index is -3.22. The molecule has 0 aliphatic carbocycles. The maximum atomic E-state index is 11.8. The van der Waals surface area contributed by atoms with E-state index < -0.39 is 10.0 Å². The van der Waals surface area contributed by atoms with Gasteiger partial charge in [-0.2, -0.15) is 11.8 Å². The molecule has 0 aliphatic heterocycles. The lowest BCUT2D eigenvalue weighted by molar-refractivity contribution is 0.583. The molecule has 102 valence electrons. The summed E-state index contributed by atoms with van der Waals surface area (Å²) in [7, 11) is -1.35. The third-order valence-corrected chi connectivity index (χ3v) is 4.33. The van der Waals surface area contributed by atoms with Crippen molar-refractivity contribution in [2.75, 3.05) is 25.6 Å². The second-order valence-corrected chi connectivity index (χ2v) is 6.79. The Bertz CT molecular complexity index is 461. The van der Waals surface area contributed by atoms with Gasteiger partial charge in [0.15, 0.2) is 0 Å². The van der Waals surface area contributed by atoms with Crippen LogP contribution in [0.4, 0.5) is 0 Å². The summed E-state index contributed by atoms with van der Waals surface area (Å²) in [4.78, 5) is 0. The second kappa shape index (κ2) is 7.78. The Morgan fingerprint density at radius 1 is 1.28 bits per heavy atom. The monoisotopic (exact) mass is 288 g/mol. The first-order valence-corrected chi connectivity index (χ1v) is 8.80. The van der Waals surface area contributed by atoms with Crippen LogP contribution in [0.3, 0.4) is 0 Å². The first-order chi connectivity index (χ1) is 8.57. The van der Waals surface area contributed by atoms with Gasteiger partial charge < -0.3 is 5.32 Å². The Labute approximate surface area is 114 Å². The van der Waals surface area contributed by atoms with Crippen molar-refractivity contribution in [3.05, 3.63) is 35.4 Å². The highest BCUT2D eigenvalue weighted by atomic mass is 32.2. The fourth-order valence-electron chi connectivity index (χ4n) is 1.60. The van der Waals surface area contributed by atoms with Gasteiger partial charge in [-0.1, -0.05) is 24.3 Å². The Kier molecular flexibility index (Phi) is 6.70. The first kappa shape index (κ1) is 15.5. The zero-order valence-electron chi connectivity index (χ0n) is 10.8. The summed E-state index contributed by atoms with van der Waals surface area (Å²) in [6.07, 6.45) is 1.95. The molecule has 18 heavy (non-hydrogen) atoms. The number of sulfonamides is 1. The topological polar surface area (TPSA) is 58.2 Å². The molecule has 0 aliphatic rings. The molecular formula is C12H20N2O2S2. The highest BCUT2D eigenvalue weighted by Gasteiger charge is 2.10. The summed E-state index contributed by atoms with van der Waals surface area (Å²) in [6.45, 7) is 1.23. The van der Waals surface area contributed by atoms with Gasteiger partial charge in [-0.15, -0.1) is 0 Å². The van der Waals surface area contributed by atoms with Crippen LogP contribution in [-0.4, -0.2) is 34.0 Å². The summed E-state index contributed by atoms with van der Waals surface area (Å²) in [5.74, 6) is 0.831. The van der Waals surface area contributed by atoms with E-state index in [1.54, 1.807) is 11.8 Å². The molecule has 0 fully saturated rings. The smallest absolute Gasteiger partial charge is 0.215 e. The average molecular weight is 288 g/mol. The lowest BCUT2D eigenvalue weighted by Gasteiger charge is -2.07. The molecule has 0 spiro atoms. The number of rotatable bonds is 8. The van der Waals surface area contributed by atoms with E-state index in [2.05, 4.69) is 10.0 Å². The number of nitrogens with one attached hydrogen (secondary N) is 2. The molecule has 0 saturated heterocycles. The summed E-state index contributed by atoms with van der Waals surface area (Å²) in [6, 6.07) is 7.63. The quantitative estimate of drug-likeness (QED) is 0.706. The second-order valence-electron chi connectivity index (χ2n) is 4.00. The molecule has 0 atom stereocenters. The van der Waals surface area contributed by atoms with Crippen LogP contribution in [0, 0.1) is 0 Å². The van der Waals surface area contributed by atoms with Crippen molar-refractivity contribution in [3.8, 4) is 0 Å². The summed E-state index contributed by atoms with van der Waals surface area (Å²) in [5.41, 5.74) is 1.91. The molecule has 0 bridgehead atoms. The van der Waals surface area contributed by atoms with Gasteiger partial charge in [0.2, 0.25) is 10.0 Å². The molecule has 0 saturated carbocycles. The van der Waals surface area contributed by atoms with E-state index in [0.717, 1.165) is 23.4 Å². The highest BCUT2D eigenvalue weighted by molar-refractivity contribution is 7.98. The van der Waals surface area contributed by atoms with Gasteiger partial charge in [0.25, 0.3) is 0 Å². The van der Waals surface area contributed by atoms with Crippen LogP contribution in [0.5, 0.6) is 0 Å². The molecule has 0 amide bonds. The maximum absolute atomic E-state index is 11.8. The van der Waals surface area contributed by atoms with E-state index in [4.69, 9.17) is 0 Å². The molecule has 4 nitrogen and oxygen atoms in total. The Morgan fingerprint density at radius 2 is 2.00 bits per heavy atom. The van der Waals surface area contributed by atoms with Crippen LogP contribution < -0.4 is 10.0 Å². The number of benzene rings is 1. The zero-order valence-corrected chi connectivity index (χ0v) is 12.4. The molecule has 0 radical (unpaired) electrons. The third-order valence-electron chi connectivity index (χ3n) is 2.36. The van der Waals surface area contributed by atoms with Crippen molar-refractivity contribution in [2.24, 2.45) is 0 Å². The normalized spacial score (nSPS) is 11.7.